The highest BCUT2D eigenvalue weighted by Crippen LogP contribution is 2.18. The minimum absolute atomic E-state index is 0.0255. The minimum Gasteiger partial charge on any atom is -0.481 e. The molecule has 0 aliphatic carbocycles. The SMILES string of the molecule is CC(C)(CCC(=O)O)NC(=O)Nc1ccc2oc(=O)ccc2c1. The maximum Gasteiger partial charge on any atom is 0.336 e. The molecule has 2 aromatic rings. The quantitative estimate of drug-likeness (QED) is 0.734. The fraction of sp³-hybridized carbons (Fsp3) is 0.312. The number of fused-ring (bicyclic) bond motifs is 1. The van der Waals surface area contributed by atoms with E-state index in [0.717, 1.165) is 0 Å². The van der Waals surface area contributed by atoms with Crippen LogP contribution in [0.3, 0.4) is 0 Å². The first-order chi connectivity index (χ1) is 10.7. The summed E-state index contributed by atoms with van der Waals surface area (Å²) in [6.45, 7) is 3.51. The number of carboxylic acids is 1. The summed E-state index contributed by atoms with van der Waals surface area (Å²) in [5, 5.41) is 14.8. The summed E-state index contributed by atoms with van der Waals surface area (Å²) >= 11 is 0. The Morgan fingerprint density at radius 3 is 2.65 bits per heavy atom. The number of carbonyl (C=O) groups is 2. The van der Waals surface area contributed by atoms with Crippen LogP contribution >= 0.6 is 0 Å². The zero-order valence-electron chi connectivity index (χ0n) is 12.9. The fourth-order valence-electron chi connectivity index (χ4n) is 2.10. The number of rotatable bonds is 5. The van der Waals surface area contributed by atoms with Gasteiger partial charge < -0.3 is 20.2 Å². The van der Waals surface area contributed by atoms with E-state index >= 15 is 0 Å². The van der Waals surface area contributed by atoms with Crippen LogP contribution in [0.4, 0.5) is 10.5 Å². The Kier molecular flexibility index (Phi) is 4.68. The summed E-state index contributed by atoms with van der Waals surface area (Å²) in [5.74, 6) is -0.906. The standard InChI is InChI=1S/C16H18N2O5/c1-16(2,8-7-13(19)20)18-15(22)17-11-4-5-12-10(9-11)3-6-14(21)23-12/h3-6,9H,7-8H2,1-2H3,(H,19,20)(H2,17,18,22). The molecule has 0 atom stereocenters. The largest absolute Gasteiger partial charge is 0.481 e. The summed E-state index contributed by atoms with van der Waals surface area (Å²) < 4.78 is 5.02. The predicted octanol–water partition coefficient (Wildman–Crippen LogP) is 2.56. The second kappa shape index (κ2) is 6.51. The van der Waals surface area contributed by atoms with Gasteiger partial charge in [-0.05, 0) is 44.5 Å². The Morgan fingerprint density at radius 2 is 1.96 bits per heavy atom. The molecular weight excluding hydrogens is 300 g/mol. The van der Waals surface area contributed by atoms with Crippen LogP contribution in [0.25, 0.3) is 11.0 Å². The number of carboxylic acid groups (broad SMARTS) is 1. The lowest BCUT2D eigenvalue weighted by molar-refractivity contribution is -0.137. The number of aliphatic carboxylic acids is 1. The number of amides is 2. The number of hydrogen-bond donors (Lipinski definition) is 3. The first kappa shape index (κ1) is 16.5. The molecule has 7 heteroatoms. The topological polar surface area (TPSA) is 109 Å². The number of carbonyl (C=O) groups excluding carboxylic acids is 1. The molecule has 0 spiro atoms. The predicted molar refractivity (Wildman–Crippen MR) is 85.6 cm³/mol. The van der Waals surface area contributed by atoms with Gasteiger partial charge in [0.1, 0.15) is 5.58 Å². The highest BCUT2D eigenvalue weighted by atomic mass is 16.4. The molecule has 0 bridgehead atoms. The van der Waals surface area contributed by atoms with Crippen LogP contribution in [-0.2, 0) is 4.79 Å². The van der Waals surface area contributed by atoms with Gasteiger partial charge in [0, 0.05) is 29.1 Å². The molecule has 0 unspecified atom stereocenters. The van der Waals surface area contributed by atoms with E-state index in [0.29, 0.717) is 23.1 Å². The van der Waals surface area contributed by atoms with E-state index < -0.39 is 23.2 Å². The molecule has 0 radical (unpaired) electrons. The maximum absolute atomic E-state index is 12.0. The van der Waals surface area contributed by atoms with Crippen molar-refractivity contribution in [3.05, 3.63) is 40.8 Å². The maximum atomic E-state index is 12.0. The molecule has 0 saturated carbocycles. The van der Waals surface area contributed by atoms with Gasteiger partial charge in [0.2, 0.25) is 0 Å². The molecular formula is C16H18N2O5. The molecule has 2 rings (SSSR count). The number of urea groups is 1. The van der Waals surface area contributed by atoms with Gasteiger partial charge in [-0.3, -0.25) is 4.79 Å². The van der Waals surface area contributed by atoms with Crippen molar-refractivity contribution in [1.29, 1.82) is 0 Å². The van der Waals surface area contributed by atoms with Crippen molar-refractivity contribution in [3.63, 3.8) is 0 Å². The van der Waals surface area contributed by atoms with Crippen molar-refractivity contribution < 1.29 is 19.1 Å². The first-order valence-electron chi connectivity index (χ1n) is 7.10. The smallest absolute Gasteiger partial charge is 0.336 e. The van der Waals surface area contributed by atoms with Crippen LogP contribution in [0.1, 0.15) is 26.7 Å². The third-order valence-corrected chi connectivity index (χ3v) is 3.29. The molecule has 1 aromatic heterocycles. The van der Waals surface area contributed by atoms with Crippen LogP contribution in [0.15, 0.2) is 39.5 Å². The van der Waals surface area contributed by atoms with Crippen LogP contribution in [0.2, 0.25) is 0 Å². The van der Waals surface area contributed by atoms with Crippen molar-refractivity contribution in [1.82, 2.24) is 5.32 Å². The van der Waals surface area contributed by atoms with Crippen molar-refractivity contribution in [3.8, 4) is 0 Å². The molecule has 3 N–H and O–H groups in total. The van der Waals surface area contributed by atoms with Crippen LogP contribution < -0.4 is 16.3 Å². The molecule has 23 heavy (non-hydrogen) atoms. The second-order valence-electron chi connectivity index (χ2n) is 5.86. The van der Waals surface area contributed by atoms with E-state index in [1.54, 1.807) is 38.1 Å². The molecule has 1 heterocycles. The van der Waals surface area contributed by atoms with Gasteiger partial charge in [0.15, 0.2) is 0 Å². The lowest BCUT2D eigenvalue weighted by Crippen LogP contribution is -2.45. The highest BCUT2D eigenvalue weighted by Gasteiger charge is 2.21. The lowest BCUT2D eigenvalue weighted by atomic mass is 9.99. The second-order valence-corrected chi connectivity index (χ2v) is 5.86. The minimum atomic E-state index is -0.906. The van der Waals surface area contributed by atoms with Crippen LogP contribution in [0, 0.1) is 0 Å². The number of nitrogens with one attached hydrogen (secondary N) is 2. The Labute approximate surface area is 132 Å². The fourth-order valence-corrected chi connectivity index (χ4v) is 2.10. The summed E-state index contributed by atoms with van der Waals surface area (Å²) in [7, 11) is 0. The van der Waals surface area contributed by atoms with Gasteiger partial charge >= 0.3 is 17.6 Å². The van der Waals surface area contributed by atoms with E-state index in [9.17, 15) is 14.4 Å². The highest BCUT2D eigenvalue weighted by molar-refractivity contribution is 5.92. The third kappa shape index (κ3) is 4.84. The van der Waals surface area contributed by atoms with Crippen molar-refractivity contribution >= 4 is 28.7 Å². The summed E-state index contributed by atoms with van der Waals surface area (Å²) in [4.78, 5) is 33.8. The zero-order valence-corrected chi connectivity index (χ0v) is 12.9. The van der Waals surface area contributed by atoms with Gasteiger partial charge in [-0.25, -0.2) is 9.59 Å². The first-order valence-corrected chi connectivity index (χ1v) is 7.10. The van der Waals surface area contributed by atoms with E-state index in [-0.39, 0.29) is 6.42 Å². The van der Waals surface area contributed by atoms with E-state index in [2.05, 4.69) is 10.6 Å². The number of hydrogen-bond acceptors (Lipinski definition) is 4. The van der Waals surface area contributed by atoms with Gasteiger partial charge in [-0.1, -0.05) is 0 Å². The van der Waals surface area contributed by atoms with Crippen LogP contribution in [-0.4, -0.2) is 22.6 Å². The van der Waals surface area contributed by atoms with E-state index in [1.165, 1.54) is 6.07 Å². The summed E-state index contributed by atoms with van der Waals surface area (Å²) in [6, 6.07) is 7.39. The zero-order chi connectivity index (χ0) is 17.0. The molecule has 0 fully saturated rings. The third-order valence-electron chi connectivity index (χ3n) is 3.29. The van der Waals surface area contributed by atoms with E-state index in [1.807, 2.05) is 0 Å². The Hall–Kier alpha value is -2.83. The normalized spacial score (nSPS) is 11.2. The molecule has 122 valence electrons. The monoisotopic (exact) mass is 318 g/mol. The van der Waals surface area contributed by atoms with Crippen molar-refractivity contribution in [2.45, 2.75) is 32.2 Å². The molecule has 1 aromatic carbocycles. The van der Waals surface area contributed by atoms with Gasteiger partial charge in [-0.15, -0.1) is 0 Å². The van der Waals surface area contributed by atoms with Crippen molar-refractivity contribution in [2.75, 3.05) is 5.32 Å². The summed E-state index contributed by atoms with van der Waals surface area (Å²) in [5.41, 5.74) is -0.106. The summed E-state index contributed by atoms with van der Waals surface area (Å²) in [6.07, 6.45) is 0.293. The van der Waals surface area contributed by atoms with Crippen molar-refractivity contribution in [2.24, 2.45) is 0 Å². The van der Waals surface area contributed by atoms with Gasteiger partial charge in [0.05, 0.1) is 0 Å². The molecule has 2 amide bonds. The Balaban J connectivity index is 2.03. The average Bonchev–Trinajstić information content (AvgIpc) is 2.45. The lowest BCUT2D eigenvalue weighted by Gasteiger charge is -2.25. The molecule has 0 saturated heterocycles. The Morgan fingerprint density at radius 1 is 1.22 bits per heavy atom. The Bertz CT molecular complexity index is 794. The van der Waals surface area contributed by atoms with E-state index in [4.69, 9.17) is 9.52 Å². The van der Waals surface area contributed by atoms with Gasteiger partial charge in [0.25, 0.3) is 0 Å². The average molecular weight is 318 g/mol. The number of benzene rings is 1. The van der Waals surface area contributed by atoms with Crippen LogP contribution in [0.5, 0.6) is 0 Å². The molecule has 7 nitrogen and oxygen atoms in total. The molecule has 0 aliphatic heterocycles. The number of anilines is 1. The van der Waals surface area contributed by atoms with Gasteiger partial charge in [-0.2, -0.15) is 0 Å². The molecule has 0 aliphatic rings.